The van der Waals surface area contributed by atoms with E-state index >= 15 is 0 Å². The molecule has 0 saturated carbocycles. The summed E-state index contributed by atoms with van der Waals surface area (Å²) in [4.78, 5) is 4.15. The van der Waals surface area contributed by atoms with Gasteiger partial charge in [0.2, 0.25) is 0 Å². The van der Waals surface area contributed by atoms with E-state index in [4.69, 9.17) is 5.73 Å². The van der Waals surface area contributed by atoms with Crippen LogP contribution in [0.25, 0.3) is 0 Å². The van der Waals surface area contributed by atoms with Gasteiger partial charge in [-0.1, -0.05) is 0 Å². The molecular formula is C9H10BrN5. The lowest BCUT2D eigenvalue weighted by atomic mass is 10.4. The number of hydrogen-bond acceptors (Lipinski definition) is 4. The molecule has 0 bridgehead atoms. The Kier molecular flexibility index (Phi) is 2.59. The molecule has 0 aromatic carbocycles. The third-order valence-electron chi connectivity index (χ3n) is 1.82. The van der Waals surface area contributed by atoms with E-state index in [0.29, 0.717) is 11.5 Å². The van der Waals surface area contributed by atoms with Crippen LogP contribution in [-0.2, 0) is 7.05 Å². The van der Waals surface area contributed by atoms with E-state index in [-0.39, 0.29) is 0 Å². The Morgan fingerprint density at radius 3 is 2.93 bits per heavy atom. The SMILES string of the molecule is Cn1ccc(Nc2ncc(N)cc2Br)n1. The highest BCUT2D eigenvalue weighted by molar-refractivity contribution is 9.10. The lowest BCUT2D eigenvalue weighted by Gasteiger charge is -2.04. The van der Waals surface area contributed by atoms with Gasteiger partial charge in [-0.15, -0.1) is 0 Å². The van der Waals surface area contributed by atoms with Crippen molar-refractivity contribution >= 4 is 33.3 Å². The van der Waals surface area contributed by atoms with Gasteiger partial charge in [0.15, 0.2) is 5.82 Å². The van der Waals surface area contributed by atoms with Gasteiger partial charge in [-0.2, -0.15) is 5.10 Å². The molecular weight excluding hydrogens is 258 g/mol. The highest BCUT2D eigenvalue weighted by atomic mass is 79.9. The maximum absolute atomic E-state index is 5.58. The van der Waals surface area contributed by atoms with Crippen molar-refractivity contribution in [3.05, 3.63) is 29.0 Å². The molecule has 0 aliphatic carbocycles. The second-order valence-corrected chi connectivity index (χ2v) is 3.95. The van der Waals surface area contributed by atoms with E-state index in [1.54, 1.807) is 16.9 Å². The topological polar surface area (TPSA) is 68.8 Å². The highest BCUT2D eigenvalue weighted by Gasteiger charge is 2.03. The van der Waals surface area contributed by atoms with E-state index in [1.165, 1.54) is 0 Å². The Morgan fingerprint density at radius 1 is 1.53 bits per heavy atom. The number of aryl methyl sites for hydroxylation is 1. The van der Waals surface area contributed by atoms with Crippen molar-refractivity contribution in [2.45, 2.75) is 0 Å². The molecule has 2 heterocycles. The van der Waals surface area contributed by atoms with Gasteiger partial charge in [0.05, 0.1) is 16.4 Å². The fourth-order valence-electron chi connectivity index (χ4n) is 1.15. The fraction of sp³-hybridized carbons (Fsp3) is 0.111. The predicted molar refractivity (Wildman–Crippen MR) is 62.8 cm³/mol. The van der Waals surface area contributed by atoms with Crippen LogP contribution < -0.4 is 11.1 Å². The molecule has 0 aliphatic rings. The smallest absolute Gasteiger partial charge is 0.153 e. The Hall–Kier alpha value is -1.56. The molecule has 2 rings (SSSR count). The average Bonchev–Trinajstić information content (AvgIpc) is 2.56. The second kappa shape index (κ2) is 3.90. The summed E-state index contributed by atoms with van der Waals surface area (Å²) in [6, 6.07) is 3.66. The van der Waals surface area contributed by atoms with Gasteiger partial charge in [-0.3, -0.25) is 4.68 Å². The summed E-state index contributed by atoms with van der Waals surface area (Å²) < 4.78 is 2.53. The molecule has 0 radical (unpaired) electrons. The highest BCUT2D eigenvalue weighted by Crippen LogP contribution is 2.24. The maximum atomic E-state index is 5.58. The lowest BCUT2D eigenvalue weighted by molar-refractivity contribution is 0.771. The van der Waals surface area contributed by atoms with Crippen molar-refractivity contribution in [3.8, 4) is 0 Å². The quantitative estimate of drug-likeness (QED) is 0.872. The van der Waals surface area contributed by atoms with Crippen molar-refractivity contribution in [1.82, 2.24) is 14.8 Å². The molecule has 2 aromatic rings. The second-order valence-electron chi connectivity index (χ2n) is 3.10. The molecule has 0 amide bonds. The minimum atomic E-state index is 0.619. The van der Waals surface area contributed by atoms with E-state index in [1.807, 2.05) is 19.3 Å². The fourth-order valence-corrected chi connectivity index (χ4v) is 1.61. The minimum absolute atomic E-state index is 0.619. The zero-order valence-electron chi connectivity index (χ0n) is 8.11. The summed E-state index contributed by atoms with van der Waals surface area (Å²) in [5, 5.41) is 7.26. The number of halogens is 1. The average molecular weight is 268 g/mol. The Morgan fingerprint density at radius 2 is 2.33 bits per heavy atom. The predicted octanol–water partition coefficient (Wildman–Crippen LogP) is 1.90. The number of nitrogens with two attached hydrogens (primary N) is 1. The molecule has 0 fully saturated rings. The first kappa shape index (κ1) is 9.97. The van der Waals surface area contributed by atoms with Gasteiger partial charge in [0.25, 0.3) is 0 Å². The molecule has 3 N–H and O–H groups in total. The van der Waals surface area contributed by atoms with Gasteiger partial charge in [-0.25, -0.2) is 4.98 Å². The van der Waals surface area contributed by atoms with Gasteiger partial charge in [0.1, 0.15) is 5.82 Å². The largest absolute Gasteiger partial charge is 0.397 e. The van der Waals surface area contributed by atoms with Crippen LogP contribution >= 0.6 is 15.9 Å². The summed E-state index contributed by atoms with van der Waals surface area (Å²) in [5.41, 5.74) is 6.20. The van der Waals surface area contributed by atoms with Crippen LogP contribution in [0.4, 0.5) is 17.3 Å². The minimum Gasteiger partial charge on any atom is -0.397 e. The van der Waals surface area contributed by atoms with E-state index < -0.39 is 0 Å². The van der Waals surface area contributed by atoms with E-state index in [9.17, 15) is 0 Å². The van der Waals surface area contributed by atoms with Crippen LogP contribution in [0.1, 0.15) is 0 Å². The molecule has 2 aromatic heterocycles. The van der Waals surface area contributed by atoms with E-state index in [0.717, 1.165) is 10.3 Å². The van der Waals surface area contributed by atoms with Crippen LogP contribution in [0.2, 0.25) is 0 Å². The Balaban J connectivity index is 2.24. The number of rotatable bonds is 2. The summed E-state index contributed by atoms with van der Waals surface area (Å²) in [6.45, 7) is 0. The van der Waals surface area contributed by atoms with Crippen LogP contribution in [0.15, 0.2) is 29.0 Å². The first-order valence-electron chi connectivity index (χ1n) is 4.33. The molecule has 78 valence electrons. The first-order valence-corrected chi connectivity index (χ1v) is 5.12. The van der Waals surface area contributed by atoms with Crippen molar-refractivity contribution in [3.63, 3.8) is 0 Å². The van der Waals surface area contributed by atoms with Gasteiger partial charge < -0.3 is 11.1 Å². The molecule has 0 unspecified atom stereocenters. The third kappa shape index (κ3) is 2.27. The molecule has 0 spiro atoms. The molecule has 0 atom stereocenters. The van der Waals surface area contributed by atoms with Crippen LogP contribution in [0.3, 0.4) is 0 Å². The summed E-state index contributed by atoms with van der Waals surface area (Å²) in [5.74, 6) is 1.44. The summed E-state index contributed by atoms with van der Waals surface area (Å²) in [6.07, 6.45) is 3.45. The number of nitrogens with one attached hydrogen (secondary N) is 1. The van der Waals surface area contributed by atoms with Crippen LogP contribution in [0, 0.1) is 0 Å². The monoisotopic (exact) mass is 267 g/mol. The van der Waals surface area contributed by atoms with E-state index in [2.05, 4.69) is 31.3 Å². The maximum Gasteiger partial charge on any atom is 0.153 e. The van der Waals surface area contributed by atoms with Crippen LogP contribution in [-0.4, -0.2) is 14.8 Å². The molecule has 15 heavy (non-hydrogen) atoms. The lowest BCUT2D eigenvalue weighted by Crippen LogP contribution is -1.98. The van der Waals surface area contributed by atoms with Gasteiger partial charge >= 0.3 is 0 Å². The number of nitrogen functional groups attached to an aromatic ring is 1. The number of anilines is 3. The summed E-state index contributed by atoms with van der Waals surface area (Å²) >= 11 is 3.37. The van der Waals surface area contributed by atoms with Gasteiger partial charge in [0, 0.05) is 19.3 Å². The number of nitrogens with zero attached hydrogens (tertiary/aromatic N) is 3. The van der Waals surface area contributed by atoms with Crippen molar-refractivity contribution in [2.24, 2.45) is 7.05 Å². The van der Waals surface area contributed by atoms with Crippen molar-refractivity contribution in [2.75, 3.05) is 11.1 Å². The van der Waals surface area contributed by atoms with Crippen molar-refractivity contribution in [1.29, 1.82) is 0 Å². The third-order valence-corrected chi connectivity index (χ3v) is 2.43. The van der Waals surface area contributed by atoms with Gasteiger partial charge in [-0.05, 0) is 22.0 Å². The standard InChI is InChI=1S/C9H10BrN5/c1-15-3-2-8(14-15)13-9-7(10)4-6(11)5-12-9/h2-5H,11H2,1H3,(H,12,13,14). The zero-order valence-corrected chi connectivity index (χ0v) is 9.69. The molecule has 0 saturated heterocycles. The first-order chi connectivity index (χ1) is 7.15. The number of pyridine rings is 1. The molecule has 6 heteroatoms. The Labute approximate surface area is 95.4 Å². The molecule has 0 aliphatic heterocycles. The normalized spacial score (nSPS) is 10.3. The number of aromatic nitrogens is 3. The summed E-state index contributed by atoms with van der Waals surface area (Å²) in [7, 11) is 1.86. The molecule has 5 nitrogen and oxygen atoms in total. The number of hydrogen-bond donors (Lipinski definition) is 2. The zero-order chi connectivity index (χ0) is 10.8. The Bertz CT molecular complexity index is 479. The van der Waals surface area contributed by atoms with Crippen molar-refractivity contribution < 1.29 is 0 Å². The van der Waals surface area contributed by atoms with Crippen LogP contribution in [0.5, 0.6) is 0 Å².